The zero-order valence-electron chi connectivity index (χ0n) is 52.1. The molecule has 0 N–H and O–H groups in total. The average Bonchev–Trinajstić information content (AvgIpc) is 3.45. The molecule has 6 heteroatoms. The van der Waals surface area contributed by atoms with Crippen LogP contribution < -0.4 is 0 Å². The van der Waals surface area contributed by atoms with E-state index in [2.05, 4.69) is 112 Å². The van der Waals surface area contributed by atoms with Crippen LogP contribution in [0, 0.1) is 0 Å². The summed E-state index contributed by atoms with van der Waals surface area (Å²) in [7, 11) is 0. The van der Waals surface area contributed by atoms with E-state index in [4.69, 9.17) is 14.2 Å². The van der Waals surface area contributed by atoms with Crippen LogP contribution in [-0.2, 0) is 28.6 Å². The van der Waals surface area contributed by atoms with E-state index in [9.17, 15) is 14.4 Å². The molecule has 79 heavy (non-hydrogen) atoms. The molecule has 6 nitrogen and oxygen atoms in total. The molecule has 0 bridgehead atoms. The minimum absolute atomic E-state index is 0.108. The Morgan fingerprint density at radius 2 is 0.544 bits per heavy atom. The van der Waals surface area contributed by atoms with Gasteiger partial charge in [-0.1, -0.05) is 304 Å². The Labute approximate surface area is 489 Å². The van der Waals surface area contributed by atoms with Gasteiger partial charge in [-0.05, 0) is 103 Å². The highest BCUT2D eigenvalue weighted by Gasteiger charge is 2.19. The number of carbonyl (C=O) groups excluding carboxylic acids is 3. The predicted octanol–water partition coefficient (Wildman–Crippen LogP) is 23.2. The SMILES string of the molecule is CC/C=C\C/C=C\C/C=C\C/C=C\CCC(=O)OC(COC(=O)CCCCCCC/C=C\C/C=C\CCC)COC(=O)CCCCCCCCCCCCCCCCCCCCCCCCC/C=C\C/C=C\CCCCCCC. The summed E-state index contributed by atoms with van der Waals surface area (Å²) in [6.45, 7) is 6.40. The molecule has 0 saturated heterocycles. The van der Waals surface area contributed by atoms with Crippen LogP contribution in [0.1, 0.15) is 329 Å². The van der Waals surface area contributed by atoms with Crippen molar-refractivity contribution in [1.82, 2.24) is 0 Å². The third-order valence-electron chi connectivity index (χ3n) is 14.5. The molecule has 0 rings (SSSR count). The summed E-state index contributed by atoms with van der Waals surface area (Å²) in [6.07, 6.45) is 90.5. The van der Waals surface area contributed by atoms with E-state index in [0.717, 1.165) is 103 Å². The summed E-state index contributed by atoms with van der Waals surface area (Å²) >= 11 is 0. The van der Waals surface area contributed by atoms with Gasteiger partial charge in [0.2, 0.25) is 0 Å². The zero-order valence-corrected chi connectivity index (χ0v) is 52.1. The number of esters is 3. The van der Waals surface area contributed by atoms with Gasteiger partial charge in [-0.2, -0.15) is 0 Å². The fourth-order valence-corrected chi connectivity index (χ4v) is 9.53. The van der Waals surface area contributed by atoms with Crippen LogP contribution in [0.2, 0.25) is 0 Å². The van der Waals surface area contributed by atoms with Crippen molar-refractivity contribution >= 4 is 17.9 Å². The molecule has 0 aromatic heterocycles. The number of unbranched alkanes of at least 4 members (excludes halogenated alkanes) is 34. The van der Waals surface area contributed by atoms with Crippen molar-refractivity contribution in [3.63, 3.8) is 0 Å². The lowest BCUT2D eigenvalue weighted by Gasteiger charge is -2.18. The fraction of sp³-hybridized carbons (Fsp3) is 0.740. The topological polar surface area (TPSA) is 78.9 Å². The summed E-state index contributed by atoms with van der Waals surface area (Å²) in [5.74, 6) is -0.997. The second kappa shape index (κ2) is 66.8. The Balaban J connectivity index is 4.08. The van der Waals surface area contributed by atoms with Crippen LogP contribution in [0.3, 0.4) is 0 Å². The van der Waals surface area contributed by atoms with Gasteiger partial charge >= 0.3 is 17.9 Å². The van der Waals surface area contributed by atoms with Gasteiger partial charge in [-0.3, -0.25) is 14.4 Å². The number of hydrogen-bond acceptors (Lipinski definition) is 6. The first-order valence-electron chi connectivity index (χ1n) is 33.7. The van der Waals surface area contributed by atoms with Crippen LogP contribution in [0.5, 0.6) is 0 Å². The highest BCUT2D eigenvalue weighted by molar-refractivity contribution is 5.71. The van der Waals surface area contributed by atoms with Crippen molar-refractivity contribution in [2.45, 2.75) is 335 Å². The van der Waals surface area contributed by atoms with Crippen LogP contribution in [-0.4, -0.2) is 37.2 Å². The first-order valence-corrected chi connectivity index (χ1v) is 33.7. The Hall–Kier alpha value is -3.67. The zero-order chi connectivity index (χ0) is 57.1. The molecule has 0 spiro atoms. The van der Waals surface area contributed by atoms with Crippen molar-refractivity contribution in [3.05, 3.63) is 97.2 Å². The molecule has 0 aromatic rings. The van der Waals surface area contributed by atoms with Gasteiger partial charge in [-0.15, -0.1) is 0 Å². The first-order chi connectivity index (χ1) is 39.0. The molecule has 0 radical (unpaired) electrons. The van der Waals surface area contributed by atoms with Crippen molar-refractivity contribution in [2.75, 3.05) is 13.2 Å². The van der Waals surface area contributed by atoms with Gasteiger partial charge in [-0.25, -0.2) is 0 Å². The van der Waals surface area contributed by atoms with Crippen molar-refractivity contribution < 1.29 is 28.6 Å². The smallest absolute Gasteiger partial charge is 0.306 e. The Kier molecular flexibility index (Phi) is 63.7. The summed E-state index contributed by atoms with van der Waals surface area (Å²) in [5.41, 5.74) is 0. The molecule has 1 atom stereocenters. The standard InChI is InChI=1S/C73H126O6/c1-4-7-10-13-16-19-22-25-26-27-28-29-30-31-32-33-34-35-36-37-38-39-40-41-42-43-44-45-46-49-51-54-57-60-63-66-72(75)78-69-70(79-73(76)67-64-61-58-55-52-48-24-21-18-15-12-9-6-3)68-77-71(74)65-62-59-56-53-50-47-23-20-17-14-11-8-5-2/h9,11-12,14,18,20-23,25,27-28,48,52,58,61,70H,4-8,10,13,15-17,19,24,26,29-47,49-51,53-57,59-60,62-69H2,1-3H3/b12-9-,14-11-,21-18-,23-20-,25-22-,28-27-,52-48-,61-58-. The monoisotopic (exact) mass is 1100 g/mol. The molecule has 0 heterocycles. The highest BCUT2D eigenvalue weighted by atomic mass is 16.6. The molecule has 454 valence electrons. The predicted molar refractivity (Wildman–Crippen MR) is 344 cm³/mol. The van der Waals surface area contributed by atoms with Gasteiger partial charge < -0.3 is 14.2 Å². The number of rotatable bonds is 61. The maximum absolute atomic E-state index is 12.8. The van der Waals surface area contributed by atoms with E-state index in [-0.39, 0.29) is 31.6 Å². The number of carbonyl (C=O) groups is 3. The second-order valence-electron chi connectivity index (χ2n) is 22.3. The Morgan fingerprint density at radius 3 is 0.873 bits per heavy atom. The van der Waals surface area contributed by atoms with E-state index in [1.807, 2.05) is 6.08 Å². The van der Waals surface area contributed by atoms with Gasteiger partial charge in [0, 0.05) is 19.3 Å². The normalized spacial score (nSPS) is 12.7. The maximum Gasteiger partial charge on any atom is 0.306 e. The van der Waals surface area contributed by atoms with E-state index in [1.54, 1.807) is 0 Å². The van der Waals surface area contributed by atoms with E-state index in [1.165, 1.54) is 180 Å². The molecule has 0 aromatic carbocycles. The highest BCUT2D eigenvalue weighted by Crippen LogP contribution is 2.17. The lowest BCUT2D eigenvalue weighted by atomic mass is 10.0. The van der Waals surface area contributed by atoms with E-state index in [0.29, 0.717) is 19.3 Å². The third kappa shape index (κ3) is 65.0. The molecule has 0 amide bonds. The Bertz CT molecular complexity index is 1540. The maximum atomic E-state index is 12.8. The summed E-state index contributed by atoms with van der Waals surface area (Å²) in [6, 6.07) is 0. The molecule has 0 aliphatic heterocycles. The quantitative estimate of drug-likeness (QED) is 0.0261. The largest absolute Gasteiger partial charge is 0.462 e. The number of ether oxygens (including phenoxy) is 3. The second-order valence-corrected chi connectivity index (χ2v) is 22.3. The third-order valence-corrected chi connectivity index (χ3v) is 14.5. The number of allylic oxidation sites excluding steroid dienone is 16. The van der Waals surface area contributed by atoms with Crippen LogP contribution in [0.25, 0.3) is 0 Å². The van der Waals surface area contributed by atoms with Gasteiger partial charge in [0.1, 0.15) is 13.2 Å². The van der Waals surface area contributed by atoms with E-state index >= 15 is 0 Å². The van der Waals surface area contributed by atoms with Gasteiger partial charge in [0.05, 0.1) is 0 Å². The van der Waals surface area contributed by atoms with Crippen LogP contribution in [0.15, 0.2) is 97.2 Å². The lowest BCUT2D eigenvalue weighted by Crippen LogP contribution is -2.30. The number of hydrogen-bond donors (Lipinski definition) is 0. The van der Waals surface area contributed by atoms with Gasteiger partial charge in [0.25, 0.3) is 0 Å². The minimum atomic E-state index is -0.821. The molecule has 0 aliphatic rings. The summed E-state index contributed by atoms with van der Waals surface area (Å²) in [4.78, 5) is 38.2. The van der Waals surface area contributed by atoms with Crippen LogP contribution in [0.4, 0.5) is 0 Å². The fourth-order valence-electron chi connectivity index (χ4n) is 9.53. The minimum Gasteiger partial charge on any atom is -0.462 e. The first kappa shape index (κ1) is 75.3. The molecular weight excluding hydrogens is 973 g/mol. The molecular formula is C73H126O6. The average molecular weight is 1100 g/mol. The molecule has 0 fully saturated rings. The summed E-state index contributed by atoms with van der Waals surface area (Å²) < 4.78 is 16.8. The molecule has 0 saturated carbocycles. The molecule has 1 unspecified atom stereocenters. The Morgan fingerprint density at radius 1 is 0.266 bits per heavy atom. The van der Waals surface area contributed by atoms with Crippen molar-refractivity contribution in [1.29, 1.82) is 0 Å². The van der Waals surface area contributed by atoms with E-state index < -0.39 is 12.1 Å². The van der Waals surface area contributed by atoms with Gasteiger partial charge in [0.15, 0.2) is 6.10 Å². The molecule has 0 aliphatic carbocycles. The van der Waals surface area contributed by atoms with Crippen LogP contribution >= 0.6 is 0 Å². The summed E-state index contributed by atoms with van der Waals surface area (Å²) in [5, 5.41) is 0. The van der Waals surface area contributed by atoms with Crippen molar-refractivity contribution in [2.24, 2.45) is 0 Å². The van der Waals surface area contributed by atoms with Crippen molar-refractivity contribution in [3.8, 4) is 0 Å². The lowest BCUT2D eigenvalue weighted by molar-refractivity contribution is -0.166.